The van der Waals surface area contributed by atoms with Gasteiger partial charge in [0.2, 0.25) is 17.7 Å². The van der Waals surface area contributed by atoms with E-state index in [0.717, 1.165) is 5.56 Å². The number of imidazole rings is 1. The number of aromatic amines is 1. The Morgan fingerprint density at radius 2 is 1.76 bits per heavy atom. The number of amides is 3. The summed E-state index contributed by atoms with van der Waals surface area (Å²) in [5.41, 5.74) is 18.0. The molecule has 200 valence electrons. The molecule has 14 heteroatoms. The third-order valence-electron chi connectivity index (χ3n) is 5.25. The highest BCUT2D eigenvalue weighted by molar-refractivity contribution is 5.92. The number of benzene rings is 1. The highest BCUT2D eigenvalue weighted by atomic mass is 16.4. The Bertz CT molecular complexity index is 1060. The molecule has 0 aliphatic heterocycles. The number of H-pyrrole nitrogens is 1. The molecule has 3 atom stereocenters. The molecule has 1 heterocycles. The number of guanidine groups is 1. The van der Waals surface area contributed by atoms with E-state index < -0.39 is 48.4 Å². The lowest BCUT2D eigenvalue weighted by molar-refractivity contribution is -0.141. The minimum Gasteiger partial charge on any atom is -0.480 e. The van der Waals surface area contributed by atoms with Crippen LogP contribution in [0.15, 0.2) is 47.8 Å². The van der Waals surface area contributed by atoms with Crippen LogP contribution in [0, 0.1) is 0 Å². The summed E-state index contributed by atoms with van der Waals surface area (Å²) in [6.07, 6.45) is 3.63. The molecule has 3 amide bonds. The number of carbonyl (C=O) groups excluding carboxylic acids is 3. The van der Waals surface area contributed by atoms with Crippen LogP contribution in [0.1, 0.15) is 24.1 Å². The second-order valence-electron chi connectivity index (χ2n) is 8.26. The standard InChI is InChI=1S/C23H33N9O5/c24-16(9-14-5-2-1-3-6-14)20(34)32-17(7-4-8-28-23(25)26)21(35)29-12-19(33)31-18(22(36)37)10-15-11-27-13-30-15/h1-3,5-6,11,13,16-18H,4,7-10,12,24H2,(H,27,30)(H,29,35)(H,31,33)(H,32,34)(H,36,37)(H4,25,26,28). The number of aliphatic imine (C=N–C) groups is 1. The SMILES string of the molecule is NC(N)=NCCCC(NC(=O)C(N)Cc1ccccc1)C(=O)NCC(=O)NC(Cc1cnc[nH]1)C(=O)O. The van der Waals surface area contributed by atoms with Gasteiger partial charge in [-0.05, 0) is 24.8 Å². The number of nitrogens with one attached hydrogen (secondary N) is 4. The summed E-state index contributed by atoms with van der Waals surface area (Å²) in [5, 5.41) is 16.8. The highest BCUT2D eigenvalue weighted by Crippen LogP contribution is 2.04. The van der Waals surface area contributed by atoms with Crippen molar-refractivity contribution in [3.8, 4) is 0 Å². The van der Waals surface area contributed by atoms with Crippen molar-refractivity contribution in [3.05, 3.63) is 54.1 Å². The van der Waals surface area contributed by atoms with Gasteiger partial charge in [-0.1, -0.05) is 30.3 Å². The number of nitrogens with zero attached hydrogens (tertiary/aromatic N) is 2. The third kappa shape index (κ3) is 10.8. The Balaban J connectivity index is 1.94. The molecular formula is C23H33N9O5. The maximum atomic E-state index is 12.8. The first kappa shape index (κ1) is 28.8. The second-order valence-corrected chi connectivity index (χ2v) is 8.26. The molecule has 0 spiro atoms. The lowest BCUT2D eigenvalue weighted by atomic mass is 10.0. The first-order valence-corrected chi connectivity index (χ1v) is 11.6. The summed E-state index contributed by atoms with van der Waals surface area (Å²) in [5.74, 6) is -3.24. The molecule has 37 heavy (non-hydrogen) atoms. The van der Waals surface area contributed by atoms with Gasteiger partial charge in [0.25, 0.3) is 0 Å². The summed E-state index contributed by atoms with van der Waals surface area (Å²) < 4.78 is 0. The molecular weight excluding hydrogens is 482 g/mol. The second kappa shape index (κ2) is 14.8. The molecule has 0 radical (unpaired) electrons. The zero-order valence-electron chi connectivity index (χ0n) is 20.2. The van der Waals surface area contributed by atoms with Crippen LogP contribution in [0.4, 0.5) is 0 Å². The van der Waals surface area contributed by atoms with E-state index in [1.54, 1.807) is 0 Å². The summed E-state index contributed by atoms with van der Waals surface area (Å²) in [6.45, 7) is -0.269. The third-order valence-corrected chi connectivity index (χ3v) is 5.25. The van der Waals surface area contributed by atoms with Crippen molar-refractivity contribution in [1.29, 1.82) is 0 Å². The summed E-state index contributed by atoms with van der Waals surface area (Å²) in [7, 11) is 0. The number of carbonyl (C=O) groups is 4. The Morgan fingerprint density at radius 1 is 1.03 bits per heavy atom. The van der Waals surface area contributed by atoms with Crippen LogP contribution in [0.5, 0.6) is 0 Å². The number of aromatic nitrogens is 2. The fraction of sp³-hybridized carbons (Fsp3) is 0.391. The zero-order valence-corrected chi connectivity index (χ0v) is 20.2. The predicted molar refractivity (Wildman–Crippen MR) is 135 cm³/mol. The Morgan fingerprint density at radius 3 is 2.38 bits per heavy atom. The van der Waals surface area contributed by atoms with Gasteiger partial charge in [0.15, 0.2) is 5.96 Å². The first-order valence-electron chi connectivity index (χ1n) is 11.6. The number of aliphatic carboxylic acids is 1. The maximum Gasteiger partial charge on any atom is 0.326 e. The monoisotopic (exact) mass is 515 g/mol. The van der Waals surface area contributed by atoms with Crippen molar-refractivity contribution < 1.29 is 24.3 Å². The fourth-order valence-electron chi connectivity index (χ4n) is 3.36. The molecule has 0 saturated heterocycles. The van der Waals surface area contributed by atoms with Gasteiger partial charge in [0.1, 0.15) is 12.1 Å². The van der Waals surface area contributed by atoms with Crippen molar-refractivity contribution in [1.82, 2.24) is 25.9 Å². The Hall–Kier alpha value is -4.46. The number of rotatable bonds is 15. The molecule has 0 bridgehead atoms. The topological polar surface area (TPSA) is 244 Å². The number of carboxylic acids is 1. The van der Waals surface area contributed by atoms with Gasteiger partial charge in [0.05, 0.1) is 18.9 Å². The summed E-state index contributed by atoms with van der Waals surface area (Å²) in [4.78, 5) is 59.7. The molecule has 1 aromatic heterocycles. The van der Waals surface area contributed by atoms with Crippen LogP contribution < -0.4 is 33.2 Å². The van der Waals surface area contributed by atoms with E-state index in [4.69, 9.17) is 17.2 Å². The minimum atomic E-state index is -1.24. The van der Waals surface area contributed by atoms with E-state index in [1.165, 1.54) is 12.5 Å². The van der Waals surface area contributed by atoms with Gasteiger partial charge < -0.3 is 43.2 Å². The van der Waals surface area contributed by atoms with E-state index in [2.05, 4.69) is 30.9 Å². The molecule has 1 aromatic carbocycles. The molecule has 2 rings (SSSR count). The van der Waals surface area contributed by atoms with E-state index >= 15 is 0 Å². The van der Waals surface area contributed by atoms with Crippen molar-refractivity contribution in [2.24, 2.45) is 22.2 Å². The van der Waals surface area contributed by atoms with Gasteiger partial charge in [-0.15, -0.1) is 0 Å². The lowest BCUT2D eigenvalue weighted by Gasteiger charge is -2.21. The van der Waals surface area contributed by atoms with Crippen molar-refractivity contribution in [3.63, 3.8) is 0 Å². The molecule has 3 unspecified atom stereocenters. The molecule has 0 aliphatic rings. The van der Waals surface area contributed by atoms with Gasteiger partial charge >= 0.3 is 5.97 Å². The average molecular weight is 516 g/mol. The summed E-state index contributed by atoms with van der Waals surface area (Å²) in [6, 6.07) is 6.02. The number of hydrogen-bond acceptors (Lipinski definition) is 7. The van der Waals surface area contributed by atoms with Gasteiger partial charge in [-0.25, -0.2) is 9.78 Å². The van der Waals surface area contributed by atoms with Gasteiger partial charge in [-0.3, -0.25) is 19.4 Å². The van der Waals surface area contributed by atoms with Crippen LogP contribution in [0.25, 0.3) is 0 Å². The fourth-order valence-corrected chi connectivity index (χ4v) is 3.36. The Labute approximate surface area is 213 Å². The van der Waals surface area contributed by atoms with Crippen LogP contribution in [0.3, 0.4) is 0 Å². The minimum absolute atomic E-state index is 0.0161. The van der Waals surface area contributed by atoms with Crippen LogP contribution in [0.2, 0.25) is 0 Å². The summed E-state index contributed by atoms with van der Waals surface area (Å²) >= 11 is 0. The lowest BCUT2D eigenvalue weighted by Crippen LogP contribution is -2.54. The average Bonchev–Trinajstić information content (AvgIpc) is 3.37. The van der Waals surface area contributed by atoms with E-state index in [1.807, 2.05) is 30.3 Å². The van der Waals surface area contributed by atoms with Gasteiger partial charge in [0, 0.05) is 24.9 Å². The normalized spacial score (nSPS) is 13.0. The van der Waals surface area contributed by atoms with E-state index in [9.17, 15) is 24.3 Å². The molecule has 0 saturated carbocycles. The molecule has 2 aromatic rings. The number of nitrogens with two attached hydrogens (primary N) is 3. The van der Waals surface area contributed by atoms with E-state index in [0.29, 0.717) is 12.1 Å². The maximum absolute atomic E-state index is 12.8. The van der Waals surface area contributed by atoms with Crippen LogP contribution >= 0.6 is 0 Å². The zero-order chi connectivity index (χ0) is 27.2. The largest absolute Gasteiger partial charge is 0.480 e. The van der Waals surface area contributed by atoms with Crippen LogP contribution in [-0.4, -0.2) is 75.9 Å². The molecule has 11 N–H and O–H groups in total. The van der Waals surface area contributed by atoms with Crippen molar-refractivity contribution >= 4 is 29.7 Å². The predicted octanol–water partition coefficient (Wildman–Crippen LogP) is -2.25. The van der Waals surface area contributed by atoms with Gasteiger partial charge in [-0.2, -0.15) is 0 Å². The smallest absolute Gasteiger partial charge is 0.326 e. The van der Waals surface area contributed by atoms with Crippen LogP contribution in [-0.2, 0) is 32.0 Å². The molecule has 0 fully saturated rings. The highest BCUT2D eigenvalue weighted by Gasteiger charge is 2.25. The number of carboxylic acid groups (broad SMARTS) is 1. The van der Waals surface area contributed by atoms with Crippen molar-refractivity contribution in [2.75, 3.05) is 13.1 Å². The first-order chi connectivity index (χ1) is 17.7. The number of hydrogen-bond donors (Lipinski definition) is 8. The van der Waals surface area contributed by atoms with Crippen molar-refractivity contribution in [2.45, 2.75) is 43.8 Å². The molecule has 0 aliphatic carbocycles. The Kier molecular flexibility index (Phi) is 11.5. The van der Waals surface area contributed by atoms with E-state index in [-0.39, 0.29) is 31.8 Å². The quantitative estimate of drug-likeness (QED) is 0.0724. The molecule has 14 nitrogen and oxygen atoms in total.